The van der Waals surface area contributed by atoms with Crippen LogP contribution in [0.15, 0.2) is 0 Å². The predicted molar refractivity (Wildman–Crippen MR) is 63.1 cm³/mol. The second-order valence-corrected chi connectivity index (χ2v) is 6.57. The number of nitrogens with one attached hydrogen (secondary N) is 1. The van der Waals surface area contributed by atoms with Gasteiger partial charge in [-0.3, -0.25) is 9.59 Å². The number of carbonyl (C=O) groups excluding carboxylic acids is 2. The van der Waals surface area contributed by atoms with E-state index in [1.165, 1.54) is 4.90 Å². The second-order valence-electron chi connectivity index (χ2n) is 4.31. The summed E-state index contributed by atoms with van der Waals surface area (Å²) in [5, 5.41) is 2.61. The van der Waals surface area contributed by atoms with E-state index in [4.69, 9.17) is 0 Å². The number of carbonyl (C=O) groups is 2. The third-order valence-electron chi connectivity index (χ3n) is 2.86. The Morgan fingerprint density at radius 2 is 1.94 bits per heavy atom. The minimum atomic E-state index is -3.14. The number of amides is 2. The van der Waals surface area contributed by atoms with Crippen LogP contribution in [0.25, 0.3) is 0 Å². The van der Waals surface area contributed by atoms with Gasteiger partial charge in [-0.2, -0.15) is 0 Å². The lowest BCUT2D eigenvalue weighted by atomic mass is 10.1. The summed E-state index contributed by atoms with van der Waals surface area (Å²) < 4.78 is 22.2. The Hall–Kier alpha value is -1.11. The normalized spacial score (nSPS) is 25.9. The Kier molecular flexibility index (Phi) is 4.13. The summed E-state index contributed by atoms with van der Waals surface area (Å²) in [7, 11) is -3.14. The van der Waals surface area contributed by atoms with E-state index >= 15 is 0 Å². The summed E-state index contributed by atoms with van der Waals surface area (Å²) in [4.78, 5) is 24.9. The average Bonchev–Trinajstić information content (AvgIpc) is 2.22. The van der Waals surface area contributed by atoms with Gasteiger partial charge >= 0.3 is 0 Å². The molecule has 0 aromatic rings. The molecule has 1 aliphatic rings. The van der Waals surface area contributed by atoms with Crippen molar-refractivity contribution < 1.29 is 18.0 Å². The molecule has 1 saturated heterocycles. The first-order valence-electron chi connectivity index (χ1n) is 5.55. The monoisotopic (exact) mass is 262 g/mol. The van der Waals surface area contributed by atoms with Crippen molar-refractivity contribution in [3.63, 3.8) is 0 Å². The maximum absolute atomic E-state index is 11.9. The van der Waals surface area contributed by atoms with Gasteiger partial charge in [0, 0.05) is 12.8 Å². The number of rotatable bonds is 4. The van der Waals surface area contributed by atoms with Crippen LogP contribution < -0.4 is 5.32 Å². The van der Waals surface area contributed by atoms with E-state index in [1.54, 1.807) is 13.8 Å². The molecule has 0 aromatic heterocycles. The molecule has 17 heavy (non-hydrogen) atoms. The van der Waals surface area contributed by atoms with Gasteiger partial charge in [0.05, 0.1) is 5.75 Å². The van der Waals surface area contributed by atoms with Crippen molar-refractivity contribution in [1.82, 2.24) is 10.2 Å². The molecule has 0 aromatic carbocycles. The second kappa shape index (κ2) is 5.03. The van der Waals surface area contributed by atoms with Gasteiger partial charge in [0.1, 0.15) is 21.9 Å². The zero-order valence-corrected chi connectivity index (χ0v) is 11.1. The molecule has 0 aliphatic carbocycles. The van der Waals surface area contributed by atoms with Crippen molar-refractivity contribution in [1.29, 1.82) is 0 Å². The molecule has 1 N–H and O–H groups in total. The molecule has 1 fully saturated rings. The number of sulfone groups is 1. The molecule has 2 atom stereocenters. The highest BCUT2D eigenvalue weighted by molar-refractivity contribution is 7.90. The maximum atomic E-state index is 11.9. The highest BCUT2D eigenvalue weighted by Gasteiger charge is 2.37. The van der Waals surface area contributed by atoms with Crippen molar-refractivity contribution in [2.45, 2.75) is 32.4 Å². The van der Waals surface area contributed by atoms with E-state index in [-0.39, 0.29) is 24.1 Å². The molecule has 1 rings (SSSR count). The lowest BCUT2D eigenvalue weighted by Gasteiger charge is -2.36. The van der Waals surface area contributed by atoms with Crippen LogP contribution in [0.5, 0.6) is 0 Å². The van der Waals surface area contributed by atoms with Gasteiger partial charge in [-0.05, 0) is 13.3 Å². The zero-order valence-electron chi connectivity index (χ0n) is 10.3. The van der Waals surface area contributed by atoms with Crippen molar-refractivity contribution in [2.75, 3.05) is 18.6 Å². The zero-order chi connectivity index (χ0) is 13.2. The number of nitrogens with zero attached hydrogens (tertiary/aromatic N) is 1. The largest absolute Gasteiger partial charge is 0.343 e. The fourth-order valence-electron chi connectivity index (χ4n) is 1.73. The molecular formula is C10H18N2O4S. The molecule has 6 nitrogen and oxygen atoms in total. The van der Waals surface area contributed by atoms with Crippen molar-refractivity contribution >= 4 is 21.7 Å². The van der Waals surface area contributed by atoms with Crippen LogP contribution in [0.1, 0.15) is 20.3 Å². The molecule has 1 heterocycles. The Morgan fingerprint density at radius 3 is 2.41 bits per heavy atom. The van der Waals surface area contributed by atoms with Gasteiger partial charge in [0.15, 0.2) is 0 Å². The lowest BCUT2D eigenvalue weighted by Crippen LogP contribution is -2.62. The smallest absolute Gasteiger partial charge is 0.245 e. The number of piperazine rings is 1. The molecule has 0 radical (unpaired) electrons. The van der Waals surface area contributed by atoms with Crippen LogP contribution in [0.2, 0.25) is 0 Å². The first-order chi connectivity index (χ1) is 7.76. The maximum Gasteiger partial charge on any atom is 0.245 e. The number of hydrogen-bond donors (Lipinski definition) is 1. The molecule has 7 heteroatoms. The Balaban J connectivity index is 2.79. The first-order valence-corrected chi connectivity index (χ1v) is 7.61. The molecule has 1 aliphatic heterocycles. The minimum Gasteiger partial charge on any atom is -0.343 e. The van der Waals surface area contributed by atoms with Crippen LogP contribution in [-0.2, 0) is 19.4 Å². The minimum absolute atomic E-state index is 0.0722. The van der Waals surface area contributed by atoms with Gasteiger partial charge in [-0.1, -0.05) is 6.92 Å². The Labute approximate surface area is 101 Å². The summed E-state index contributed by atoms with van der Waals surface area (Å²) in [5.41, 5.74) is 0. The van der Waals surface area contributed by atoms with E-state index in [1.807, 2.05) is 0 Å². The first kappa shape index (κ1) is 14.0. The topological polar surface area (TPSA) is 83.6 Å². The average molecular weight is 262 g/mol. The van der Waals surface area contributed by atoms with E-state index in [0.717, 1.165) is 6.26 Å². The van der Waals surface area contributed by atoms with Crippen molar-refractivity contribution in [2.24, 2.45) is 0 Å². The third-order valence-corrected chi connectivity index (χ3v) is 3.78. The van der Waals surface area contributed by atoms with Crippen molar-refractivity contribution in [3.05, 3.63) is 0 Å². The van der Waals surface area contributed by atoms with Crippen molar-refractivity contribution in [3.8, 4) is 0 Å². The van der Waals surface area contributed by atoms with Crippen LogP contribution in [0.4, 0.5) is 0 Å². The Morgan fingerprint density at radius 1 is 1.35 bits per heavy atom. The van der Waals surface area contributed by atoms with E-state index in [0.29, 0.717) is 6.42 Å². The van der Waals surface area contributed by atoms with Crippen LogP contribution in [-0.4, -0.2) is 55.8 Å². The van der Waals surface area contributed by atoms with Gasteiger partial charge in [0.2, 0.25) is 11.8 Å². The van der Waals surface area contributed by atoms with E-state index in [9.17, 15) is 18.0 Å². The highest BCUT2D eigenvalue weighted by atomic mass is 32.2. The van der Waals surface area contributed by atoms with Gasteiger partial charge in [-0.15, -0.1) is 0 Å². The van der Waals surface area contributed by atoms with Gasteiger partial charge in [-0.25, -0.2) is 8.42 Å². The quantitative estimate of drug-likeness (QED) is 0.716. The lowest BCUT2D eigenvalue weighted by molar-refractivity contribution is -0.148. The van der Waals surface area contributed by atoms with Crippen LogP contribution in [0.3, 0.4) is 0 Å². The third kappa shape index (κ3) is 3.42. The highest BCUT2D eigenvalue weighted by Crippen LogP contribution is 2.11. The molecule has 0 bridgehead atoms. The van der Waals surface area contributed by atoms with Gasteiger partial charge in [0.25, 0.3) is 0 Å². The SMILES string of the molecule is CCC1NC(=O)C(C)N(CCS(C)(=O)=O)C1=O. The summed E-state index contributed by atoms with van der Waals surface area (Å²) in [6.07, 6.45) is 1.62. The van der Waals surface area contributed by atoms with Crippen LogP contribution >= 0.6 is 0 Å². The molecular weight excluding hydrogens is 244 g/mol. The van der Waals surface area contributed by atoms with E-state index < -0.39 is 21.9 Å². The summed E-state index contributed by atoms with van der Waals surface area (Å²) >= 11 is 0. The summed E-state index contributed by atoms with van der Waals surface area (Å²) in [5.74, 6) is -0.555. The summed E-state index contributed by atoms with van der Waals surface area (Å²) in [6, 6.07) is -1.13. The molecule has 2 unspecified atom stereocenters. The summed E-state index contributed by atoms with van der Waals surface area (Å²) in [6.45, 7) is 3.47. The fraction of sp³-hybridized carbons (Fsp3) is 0.800. The Bertz CT molecular complexity index is 418. The molecule has 0 spiro atoms. The molecule has 98 valence electrons. The molecule has 0 saturated carbocycles. The van der Waals surface area contributed by atoms with Gasteiger partial charge < -0.3 is 10.2 Å². The van der Waals surface area contributed by atoms with Crippen LogP contribution in [0, 0.1) is 0 Å². The fourth-order valence-corrected chi connectivity index (χ4v) is 2.26. The van der Waals surface area contributed by atoms with E-state index in [2.05, 4.69) is 5.32 Å². The number of hydrogen-bond acceptors (Lipinski definition) is 4. The standard InChI is InChI=1S/C10H18N2O4S/c1-4-8-10(14)12(5-6-17(3,15)16)7(2)9(13)11-8/h7-8H,4-6H2,1-3H3,(H,11,13). The molecule has 2 amide bonds. The predicted octanol–water partition coefficient (Wildman–Crippen LogP) is -0.843.